The maximum Gasteiger partial charge on any atom is 0.162 e. The number of halogens is 1. The maximum absolute atomic E-state index is 10.8. The topological polar surface area (TPSA) is 53.8 Å². The van der Waals surface area contributed by atoms with Crippen molar-refractivity contribution in [3.63, 3.8) is 0 Å². The van der Waals surface area contributed by atoms with Gasteiger partial charge >= 0.3 is 0 Å². The highest BCUT2D eigenvalue weighted by atomic mass is 79.9. The lowest BCUT2D eigenvalue weighted by atomic mass is 9.93. The predicted molar refractivity (Wildman–Crippen MR) is 124 cm³/mol. The molecule has 1 aliphatic rings. The van der Waals surface area contributed by atoms with E-state index in [1.54, 1.807) is 6.07 Å². The molecule has 0 aliphatic carbocycles. The van der Waals surface area contributed by atoms with E-state index in [2.05, 4.69) is 64.6 Å². The van der Waals surface area contributed by atoms with Crippen molar-refractivity contribution in [2.75, 3.05) is 6.61 Å². The van der Waals surface area contributed by atoms with Gasteiger partial charge in [-0.05, 0) is 43.2 Å². The number of phenols is 1. The van der Waals surface area contributed by atoms with Gasteiger partial charge in [-0.1, -0.05) is 70.0 Å². The maximum atomic E-state index is 10.8. The zero-order valence-electron chi connectivity index (χ0n) is 17.1. The monoisotopic (exact) mass is 464 g/mol. The normalized spacial score (nSPS) is 18.7. The number of aliphatic imine (C=N–C) groups is 1. The fourth-order valence-corrected chi connectivity index (χ4v) is 4.00. The molecule has 0 aromatic heterocycles. The molecule has 0 saturated heterocycles. The number of phenolic OH excluding ortho intramolecular Hbond substituents is 1. The summed E-state index contributed by atoms with van der Waals surface area (Å²) in [5.74, 6) is 0.702. The van der Waals surface area contributed by atoms with Gasteiger partial charge in [0.1, 0.15) is 6.17 Å². The number of aromatic hydroxyl groups is 1. The fourth-order valence-electron chi connectivity index (χ4n) is 3.74. The van der Waals surface area contributed by atoms with Crippen LogP contribution in [0, 0.1) is 6.92 Å². The third-order valence-corrected chi connectivity index (χ3v) is 5.85. The average Bonchev–Trinajstić information content (AvgIpc) is 2.76. The third-order valence-electron chi connectivity index (χ3n) is 5.32. The van der Waals surface area contributed by atoms with Gasteiger partial charge in [0.25, 0.3) is 0 Å². The molecular weight excluding hydrogens is 440 g/mol. The lowest BCUT2D eigenvalue weighted by Gasteiger charge is -2.31. The molecule has 4 rings (SSSR count). The Morgan fingerprint density at radius 2 is 1.80 bits per heavy atom. The average molecular weight is 465 g/mol. The molecule has 30 heavy (non-hydrogen) atoms. The van der Waals surface area contributed by atoms with Crippen molar-refractivity contribution in [3.05, 3.63) is 93.5 Å². The lowest BCUT2D eigenvalue weighted by Crippen LogP contribution is -2.33. The van der Waals surface area contributed by atoms with Gasteiger partial charge in [-0.2, -0.15) is 0 Å². The molecule has 0 radical (unpaired) electrons. The van der Waals surface area contributed by atoms with Crippen LogP contribution in [0.2, 0.25) is 0 Å². The Bertz CT molecular complexity index is 1050. The molecule has 0 unspecified atom stereocenters. The van der Waals surface area contributed by atoms with E-state index in [0.717, 1.165) is 26.9 Å². The van der Waals surface area contributed by atoms with Gasteiger partial charge in [-0.25, -0.2) is 0 Å². The SMILES string of the molecule is CCOc1cccc([C@H]2CC(c3ccc(C)cc3)=N[C@@H](c3ccc(Br)cc3)N2)c1O. The molecule has 0 amide bonds. The Morgan fingerprint density at radius 3 is 2.50 bits per heavy atom. The molecule has 4 nitrogen and oxygen atoms in total. The van der Waals surface area contributed by atoms with Crippen molar-refractivity contribution < 1.29 is 9.84 Å². The van der Waals surface area contributed by atoms with Crippen molar-refractivity contribution in [1.82, 2.24) is 5.32 Å². The van der Waals surface area contributed by atoms with E-state index >= 15 is 0 Å². The summed E-state index contributed by atoms with van der Waals surface area (Å²) in [5, 5.41) is 14.5. The predicted octanol–water partition coefficient (Wildman–Crippen LogP) is 6.08. The first-order valence-corrected chi connectivity index (χ1v) is 10.9. The van der Waals surface area contributed by atoms with Crippen LogP contribution in [0.5, 0.6) is 11.5 Å². The molecule has 154 valence electrons. The van der Waals surface area contributed by atoms with Crippen molar-refractivity contribution in [2.24, 2.45) is 4.99 Å². The Morgan fingerprint density at radius 1 is 1.07 bits per heavy atom. The molecule has 0 spiro atoms. The van der Waals surface area contributed by atoms with Crippen molar-refractivity contribution in [1.29, 1.82) is 0 Å². The second-order valence-corrected chi connectivity index (χ2v) is 8.36. The quantitative estimate of drug-likeness (QED) is 0.480. The Hall–Kier alpha value is -2.63. The van der Waals surface area contributed by atoms with Gasteiger partial charge in [-0.3, -0.25) is 10.3 Å². The van der Waals surface area contributed by atoms with Crippen LogP contribution in [-0.4, -0.2) is 17.4 Å². The van der Waals surface area contributed by atoms with Crippen LogP contribution in [0.25, 0.3) is 0 Å². The number of aryl methyl sites for hydroxylation is 1. The van der Waals surface area contributed by atoms with E-state index in [9.17, 15) is 5.11 Å². The highest BCUT2D eigenvalue weighted by Crippen LogP contribution is 2.39. The summed E-state index contributed by atoms with van der Waals surface area (Å²) in [6.45, 7) is 4.50. The number of benzene rings is 3. The van der Waals surface area contributed by atoms with Crippen LogP contribution in [0.4, 0.5) is 0 Å². The van der Waals surface area contributed by atoms with Crippen LogP contribution in [-0.2, 0) is 0 Å². The first-order chi connectivity index (χ1) is 14.5. The lowest BCUT2D eigenvalue weighted by molar-refractivity contribution is 0.313. The van der Waals surface area contributed by atoms with Crippen LogP contribution < -0.4 is 10.1 Å². The van der Waals surface area contributed by atoms with Gasteiger partial charge < -0.3 is 9.84 Å². The smallest absolute Gasteiger partial charge is 0.162 e. The van der Waals surface area contributed by atoms with Crippen molar-refractivity contribution in [3.8, 4) is 11.5 Å². The van der Waals surface area contributed by atoms with Gasteiger partial charge in [0.05, 0.1) is 6.61 Å². The minimum atomic E-state index is -0.205. The van der Waals surface area contributed by atoms with Crippen LogP contribution >= 0.6 is 15.9 Å². The Kier molecular flexibility index (Phi) is 6.21. The number of hydrogen-bond acceptors (Lipinski definition) is 4. The number of nitrogens with zero attached hydrogens (tertiary/aromatic N) is 1. The second kappa shape index (κ2) is 9.02. The number of nitrogens with one attached hydrogen (secondary N) is 1. The Balaban J connectivity index is 1.74. The summed E-state index contributed by atoms with van der Waals surface area (Å²) in [6, 6.07) is 22.2. The Labute approximate surface area is 185 Å². The van der Waals surface area contributed by atoms with E-state index in [0.29, 0.717) is 18.8 Å². The van der Waals surface area contributed by atoms with Gasteiger partial charge in [0.15, 0.2) is 11.5 Å². The minimum Gasteiger partial charge on any atom is -0.504 e. The molecule has 5 heteroatoms. The van der Waals surface area contributed by atoms with Crippen molar-refractivity contribution in [2.45, 2.75) is 32.5 Å². The molecule has 2 N–H and O–H groups in total. The number of ether oxygens (including phenoxy) is 1. The second-order valence-electron chi connectivity index (χ2n) is 7.45. The van der Waals surface area contributed by atoms with Crippen LogP contribution in [0.1, 0.15) is 47.8 Å². The van der Waals surface area contributed by atoms with E-state index in [1.807, 2.05) is 31.2 Å². The number of rotatable bonds is 5. The minimum absolute atomic E-state index is 0.0899. The molecule has 1 heterocycles. The van der Waals surface area contributed by atoms with E-state index < -0.39 is 0 Å². The molecule has 3 aromatic carbocycles. The summed E-state index contributed by atoms with van der Waals surface area (Å²) in [4.78, 5) is 5.02. The van der Waals surface area contributed by atoms with Crippen molar-refractivity contribution >= 4 is 21.6 Å². The molecular formula is C25H25BrN2O2. The first-order valence-electron chi connectivity index (χ1n) is 10.1. The van der Waals surface area contributed by atoms with Crippen LogP contribution in [0.15, 0.2) is 76.2 Å². The van der Waals surface area contributed by atoms with E-state index in [-0.39, 0.29) is 18.0 Å². The largest absolute Gasteiger partial charge is 0.504 e. The molecule has 2 atom stereocenters. The molecule has 3 aromatic rings. The summed E-state index contributed by atoms with van der Waals surface area (Å²) in [6.07, 6.45) is 0.475. The number of para-hydroxylation sites is 1. The summed E-state index contributed by atoms with van der Waals surface area (Å²) >= 11 is 3.50. The molecule has 0 fully saturated rings. The summed E-state index contributed by atoms with van der Waals surface area (Å²) in [7, 11) is 0. The zero-order chi connectivity index (χ0) is 21.1. The van der Waals surface area contributed by atoms with Gasteiger partial charge in [-0.15, -0.1) is 0 Å². The highest BCUT2D eigenvalue weighted by Gasteiger charge is 2.28. The fraction of sp³-hybridized carbons (Fsp3) is 0.240. The summed E-state index contributed by atoms with van der Waals surface area (Å²) < 4.78 is 6.64. The zero-order valence-corrected chi connectivity index (χ0v) is 18.7. The van der Waals surface area contributed by atoms with Gasteiger partial charge in [0.2, 0.25) is 0 Å². The molecule has 0 saturated carbocycles. The third kappa shape index (κ3) is 4.42. The van der Waals surface area contributed by atoms with E-state index in [1.165, 1.54) is 5.56 Å². The standard InChI is InChI=1S/C25H25BrN2O2/c1-3-30-23-6-4-5-20(24(23)29)22-15-21(17-9-7-16(2)8-10-17)27-25(28-22)18-11-13-19(26)14-12-18/h4-14,22,25,28-29H,3,15H2,1-2H3/t22-,25-/m1/s1. The van der Waals surface area contributed by atoms with Crippen LogP contribution in [0.3, 0.4) is 0 Å². The summed E-state index contributed by atoms with van der Waals surface area (Å²) in [5.41, 5.74) is 5.24. The molecule has 0 bridgehead atoms. The van der Waals surface area contributed by atoms with E-state index in [4.69, 9.17) is 9.73 Å². The highest BCUT2D eigenvalue weighted by molar-refractivity contribution is 9.10. The van der Waals surface area contributed by atoms with Gasteiger partial charge in [0, 0.05) is 28.2 Å². The number of hydrogen-bond donors (Lipinski definition) is 2. The molecule has 1 aliphatic heterocycles. The first kappa shape index (κ1) is 20.6.